The highest BCUT2D eigenvalue weighted by Crippen LogP contribution is 2.28. The van der Waals surface area contributed by atoms with E-state index < -0.39 is 0 Å². The van der Waals surface area contributed by atoms with Gasteiger partial charge in [-0.3, -0.25) is 9.78 Å². The van der Waals surface area contributed by atoms with E-state index in [2.05, 4.69) is 34.9 Å². The molecule has 0 spiro atoms. The zero-order valence-corrected chi connectivity index (χ0v) is 16.5. The molecule has 1 aromatic carbocycles. The van der Waals surface area contributed by atoms with Gasteiger partial charge >= 0.3 is 0 Å². The molecule has 0 aliphatic carbocycles. The van der Waals surface area contributed by atoms with Crippen molar-refractivity contribution in [2.24, 2.45) is 5.92 Å². The summed E-state index contributed by atoms with van der Waals surface area (Å²) in [7, 11) is 4.12. The molecule has 28 heavy (non-hydrogen) atoms. The number of hydrogen-bond acceptors (Lipinski definition) is 6. The van der Waals surface area contributed by atoms with Gasteiger partial charge in [0.05, 0.1) is 24.3 Å². The lowest BCUT2D eigenvalue weighted by Crippen LogP contribution is -2.49. The number of anilines is 1. The Hall–Kier alpha value is -2.69. The van der Waals surface area contributed by atoms with Crippen molar-refractivity contribution < 1.29 is 9.53 Å². The summed E-state index contributed by atoms with van der Waals surface area (Å²) in [4.78, 5) is 20.7. The summed E-state index contributed by atoms with van der Waals surface area (Å²) in [5.74, 6) is 0.709. The maximum Gasteiger partial charge on any atom is 0.209 e. The van der Waals surface area contributed by atoms with Crippen LogP contribution in [-0.4, -0.2) is 81.2 Å². The Morgan fingerprint density at radius 2 is 2.04 bits per heavy atom. The summed E-state index contributed by atoms with van der Waals surface area (Å²) < 4.78 is 5.37. The van der Waals surface area contributed by atoms with E-state index in [9.17, 15) is 4.79 Å². The summed E-state index contributed by atoms with van der Waals surface area (Å²) in [6.45, 7) is 6.27. The smallest absolute Gasteiger partial charge is 0.209 e. The van der Waals surface area contributed by atoms with Crippen LogP contribution in [0.5, 0.6) is 0 Å². The number of rotatable bonds is 4. The zero-order valence-electron chi connectivity index (χ0n) is 16.5. The van der Waals surface area contributed by atoms with E-state index in [1.165, 1.54) is 0 Å². The van der Waals surface area contributed by atoms with Gasteiger partial charge in [0.2, 0.25) is 6.41 Å². The average molecular weight is 381 g/mol. The first kappa shape index (κ1) is 20.1. The van der Waals surface area contributed by atoms with Gasteiger partial charge in [0, 0.05) is 55.9 Å². The van der Waals surface area contributed by atoms with Crippen LogP contribution in [-0.2, 0) is 9.53 Å². The Bertz CT molecular complexity index is 836. The van der Waals surface area contributed by atoms with Crippen molar-refractivity contribution in [1.29, 1.82) is 5.26 Å². The van der Waals surface area contributed by atoms with Gasteiger partial charge in [-0.1, -0.05) is 0 Å². The first-order valence-electron chi connectivity index (χ1n) is 9.57. The average Bonchev–Trinajstić information content (AvgIpc) is 2.70. The van der Waals surface area contributed by atoms with Crippen molar-refractivity contribution >= 4 is 23.0 Å². The van der Waals surface area contributed by atoms with E-state index in [4.69, 9.17) is 10.00 Å². The molecule has 2 fully saturated rings. The lowest BCUT2D eigenvalue weighted by molar-refractivity contribution is -0.124. The molecule has 7 heteroatoms. The molecule has 0 bridgehead atoms. The third-order valence-electron chi connectivity index (χ3n) is 4.98. The van der Waals surface area contributed by atoms with Crippen molar-refractivity contribution in [3.8, 4) is 6.07 Å². The molecular formula is C21H27N5O2. The third-order valence-corrected chi connectivity index (χ3v) is 4.98. The fraction of sp³-hybridized carbons (Fsp3) is 0.476. The summed E-state index contributed by atoms with van der Waals surface area (Å²) in [6, 6.07) is 9.98. The van der Waals surface area contributed by atoms with E-state index in [1.54, 1.807) is 11.1 Å². The van der Waals surface area contributed by atoms with Crippen LogP contribution in [0.4, 0.5) is 5.69 Å². The molecule has 7 nitrogen and oxygen atoms in total. The van der Waals surface area contributed by atoms with E-state index >= 15 is 0 Å². The summed E-state index contributed by atoms with van der Waals surface area (Å²) in [5, 5.41) is 10.2. The standard InChI is InChI=1S/C14H13N3O.C7H14N2O/c15-10-11-3-4-13(17-6-8-18-9-7-17)12-2-1-5-16-14(11)12;1-8(2)3-7-4-9(5-7)6-10/h1-5H,6-9H2;6-7H,3-5H2,1-2H3. The van der Waals surface area contributed by atoms with Crippen LogP contribution in [0.15, 0.2) is 30.5 Å². The molecular weight excluding hydrogens is 354 g/mol. The topological polar surface area (TPSA) is 72.7 Å². The molecule has 0 atom stereocenters. The van der Waals surface area contributed by atoms with E-state index in [0.717, 1.165) is 68.9 Å². The number of likely N-dealkylation sites (tertiary alicyclic amines) is 1. The van der Waals surface area contributed by atoms with Gasteiger partial charge in [-0.2, -0.15) is 5.26 Å². The predicted octanol–water partition coefficient (Wildman–Crippen LogP) is 1.58. The summed E-state index contributed by atoms with van der Waals surface area (Å²) in [6.07, 6.45) is 2.65. The molecule has 1 amide bonds. The molecule has 1 aromatic heterocycles. The Morgan fingerprint density at radius 3 is 2.68 bits per heavy atom. The second kappa shape index (κ2) is 9.49. The van der Waals surface area contributed by atoms with Crippen LogP contribution in [0.25, 0.3) is 10.9 Å². The number of nitriles is 1. The highest BCUT2D eigenvalue weighted by atomic mass is 16.5. The van der Waals surface area contributed by atoms with Gasteiger partial charge in [0.15, 0.2) is 0 Å². The number of fused-ring (bicyclic) bond motifs is 1. The van der Waals surface area contributed by atoms with E-state index in [1.807, 2.05) is 24.3 Å². The van der Waals surface area contributed by atoms with Gasteiger partial charge < -0.3 is 19.4 Å². The van der Waals surface area contributed by atoms with Gasteiger partial charge in [-0.15, -0.1) is 0 Å². The number of benzene rings is 1. The highest BCUT2D eigenvalue weighted by Gasteiger charge is 2.25. The molecule has 148 valence electrons. The normalized spacial score (nSPS) is 16.9. The van der Waals surface area contributed by atoms with Crippen molar-refractivity contribution in [2.75, 3.05) is 64.9 Å². The van der Waals surface area contributed by atoms with Crippen LogP contribution in [0, 0.1) is 17.2 Å². The number of nitrogens with zero attached hydrogens (tertiary/aromatic N) is 5. The SMILES string of the molecule is CN(C)CC1CN(C=O)C1.N#Cc1ccc(N2CCOCC2)c2cccnc12. The van der Waals surface area contributed by atoms with Gasteiger partial charge in [-0.05, 0) is 38.4 Å². The lowest BCUT2D eigenvalue weighted by atomic mass is 10.0. The molecule has 0 saturated carbocycles. The van der Waals surface area contributed by atoms with Gasteiger partial charge in [0.1, 0.15) is 6.07 Å². The number of aromatic nitrogens is 1. The van der Waals surface area contributed by atoms with Crippen molar-refractivity contribution in [1.82, 2.24) is 14.8 Å². The molecule has 0 unspecified atom stereocenters. The number of amides is 1. The van der Waals surface area contributed by atoms with Crippen molar-refractivity contribution in [3.63, 3.8) is 0 Å². The Balaban J connectivity index is 0.000000192. The van der Waals surface area contributed by atoms with Gasteiger partial charge in [0.25, 0.3) is 0 Å². The Morgan fingerprint density at radius 1 is 1.29 bits per heavy atom. The van der Waals surface area contributed by atoms with Gasteiger partial charge in [-0.25, -0.2) is 0 Å². The number of pyridine rings is 1. The number of ether oxygens (including phenoxy) is 1. The zero-order chi connectivity index (χ0) is 19.9. The first-order chi connectivity index (χ1) is 13.6. The maximum absolute atomic E-state index is 10.1. The summed E-state index contributed by atoms with van der Waals surface area (Å²) >= 11 is 0. The molecule has 2 aliphatic rings. The minimum Gasteiger partial charge on any atom is -0.378 e. The second-order valence-corrected chi connectivity index (χ2v) is 7.43. The van der Waals surface area contributed by atoms with Crippen LogP contribution in [0.3, 0.4) is 0 Å². The molecule has 2 saturated heterocycles. The van der Waals surface area contributed by atoms with Crippen LogP contribution >= 0.6 is 0 Å². The molecule has 2 aromatic rings. The molecule has 4 rings (SSSR count). The highest BCUT2D eigenvalue weighted by molar-refractivity contribution is 5.95. The third kappa shape index (κ3) is 4.77. The first-order valence-corrected chi connectivity index (χ1v) is 9.57. The minimum absolute atomic E-state index is 0.627. The van der Waals surface area contributed by atoms with Crippen LogP contribution < -0.4 is 4.90 Å². The number of morpholine rings is 1. The number of carbonyl (C=O) groups is 1. The van der Waals surface area contributed by atoms with E-state index in [0.29, 0.717) is 11.5 Å². The van der Waals surface area contributed by atoms with E-state index in [-0.39, 0.29) is 0 Å². The summed E-state index contributed by atoms with van der Waals surface area (Å²) in [5.41, 5.74) is 2.55. The van der Waals surface area contributed by atoms with Crippen LogP contribution in [0.2, 0.25) is 0 Å². The van der Waals surface area contributed by atoms with Crippen molar-refractivity contribution in [3.05, 3.63) is 36.0 Å². The molecule has 3 heterocycles. The van der Waals surface area contributed by atoms with Crippen LogP contribution in [0.1, 0.15) is 5.56 Å². The fourth-order valence-electron chi connectivity index (χ4n) is 3.66. The maximum atomic E-state index is 10.1. The lowest BCUT2D eigenvalue weighted by Gasteiger charge is -2.37. The Labute approximate surface area is 166 Å². The fourth-order valence-corrected chi connectivity index (χ4v) is 3.66. The second-order valence-electron chi connectivity index (χ2n) is 7.43. The Kier molecular flexibility index (Phi) is 6.80. The monoisotopic (exact) mass is 381 g/mol. The number of carbonyl (C=O) groups excluding carboxylic acids is 1. The molecule has 0 N–H and O–H groups in total. The predicted molar refractivity (Wildman–Crippen MR) is 109 cm³/mol. The number of hydrogen-bond donors (Lipinski definition) is 0. The molecule has 0 radical (unpaired) electrons. The van der Waals surface area contributed by atoms with Crippen molar-refractivity contribution in [2.45, 2.75) is 0 Å². The largest absolute Gasteiger partial charge is 0.378 e. The molecule has 2 aliphatic heterocycles. The quantitative estimate of drug-likeness (QED) is 0.749. The minimum atomic E-state index is 0.627.